The summed E-state index contributed by atoms with van der Waals surface area (Å²) in [7, 11) is 0. The van der Waals surface area contributed by atoms with Gasteiger partial charge in [-0.2, -0.15) is 0 Å². The number of nitrogens with one attached hydrogen (secondary N) is 1. The molecule has 2 atom stereocenters. The quantitative estimate of drug-likeness (QED) is 0.229. The monoisotopic (exact) mass is 412 g/mol. The van der Waals surface area contributed by atoms with Gasteiger partial charge in [-0.05, 0) is 0 Å². The van der Waals surface area contributed by atoms with E-state index in [0.717, 1.165) is 15.1 Å². The molecule has 0 aromatic rings. The SMILES string of the molecule is CC[C@@H](CCI)[I-]COCC1NO1. The van der Waals surface area contributed by atoms with E-state index in [4.69, 9.17) is 9.57 Å². The topological polar surface area (TPSA) is 43.7 Å². The van der Waals surface area contributed by atoms with E-state index < -0.39 is 0 Å². The molecule has 1 unspecified atom stereocenters. The van der Waals surface area contributed by atoms with Gasteiger partial charge in [0.15, 0.2) is 0 Å². The van der Waals surface area contributed by atoms with Crippen molar-refractivity contribution in [3.63, 3.8) is 0 Å². The van der Waals surface area contributed by atoms with Crippen molar-refractivity contribution in [2.24, 2.45) is 0 Å². The summed E-state index contributed by atoms with van der Waals surface area (Å²) in [5.41, 5.74) is 2.75. The Hall–Kier alpha value is 1.34. The average Bonchev–Trinajstić information content (AvgIpc) is 2.94. The van der Waals surface area contributed by atoms with Crippen LogP contribution in [0.3, 0.4) is 0 Å². The van der Waals surface area contributed by atoms with Crippen LogP contribution in [-0.2, 0) is 9.57 Å². The van der Waals surface area contributed by atoms with Gasteiger partial charge in [0.25, 0.3) is 0 Å². The molecule has 1 saturated heterocycles. The molecule has 1 aliphatic rings. The van der Waals surface area contributed by atoms with E-state index in [-0.39, 0.29) is 27.4 Å². The molecule has 1 heterocycles. The first-order valence-electron chi connectivity index (χ1n) is 4.49. The Morgan fingerprint density at radius 1 is 1.69 bits per heavy atom. The molecular weight excluding hydrogens is 396 g/mol. The van der Waals surface area contributed by atoms with E-state index in [9.17, 15) is 0 Å². The molecule has 1 N–H and O–H groups in total. The van der Waals surface area contributed by atoms with Gasteiger partial charge in [-0.1, -0.05) is 0 Å². The molecule has 0 radical (unpaired) electrons. The Kier molecular flexibility index (Phi) is 7.26. The zero-order chi connectivity index (χ0) is 9.52. The van der Waals surface area contributed by atoms with Crippen LogP contribution < -0.4 is 26.7 Å². The Bertz CT molecular complexity index is 133. The zero-order valence-corrected chi connectivity index (χ0v) is 12.1. The van der Waals surface area contributed by atoms with E-state index in [1.54, 1.807) is 0 Å². The fraction of sp³-hybridized carbons (Fsp3) is 1.00. The summed E-state index contributed by atoms with van der Waals surface area (Å²) in [5, 5.41) is 0. The maximum absolute atomic E-state index is 5.50. The molecule has 1 aliphatic heterocycles. The van der Waals surface area contributed by atoms with Crippen molar-refractivity contribution in [3.05, 3.63) is 0 Å². The van der Waals surface area contributed by atoms with Crippen molar-refractivity contribution >= 4 is 22.6 Å². The standard InChI is InChI=1S/C8H16I2NO2/c1-2-7(3-4-9)10-6-12-5-8-11-13-8/h7-8,11H,2-6H2,1H3/q-1/t7-,8?/m0/s1. The van der Waals surface area contributed by atoms with E-state index >= 15 is 0 Å². The number of alkyl halides is 3. The van der Waals surface area contributed by atoms with Crippen LogP contribution in [0, 0.1) is 0 Å². The molecule has 0 amide bonds. The van der Waals surface area contributed by atoms with Crippen LogP contribution in [0.5, 0.6) is 0 Å². The van der Waals surface area contributed by atoms with Crippen LogP contribution in [-0.4, -0.2) is 25.8 Å². The van der Waals surface area contributed by atoms with E-state index in [1.807, 2.05) is 0 Å². The van der Waals surface area contributed by atoms with Gasteiger partial charge < -0.3 is 0 Å². The third kappa shape index (κ3) is 6.43. The van der Waals surface area contributed by atoms with Crippen LogP contribution in [0.2, 0.25) is 0 Å². The van der Waals surface area contributed by atoms with E-state index in [0.29, 0.717) is 0 Å². The molecule has 1 rings (SSSR count). The van der Waals surface area contributed by atoms with E-state index in [1.165, 1.54) is 17.3 Å². The second-order valence-electron chi connectivity index (χ2n) is 2.84. The summed E-state index contributed by atoms with van der Waals surface area (Å²) in [6, 6.07) is 0. The fourth-order valence-electron chi connectivity index (χ4n) is 0.910. The molecule has 80 valence electrons. The number of halogens is 2. The second kappa shape index (κ2) is 7.61. The Morgan fingerprint density at radius 3 is 3.00 bits per heavy atom. The fourth-order valence-corrected chi connectivity index (χ4v) is 5.25. The summed E-state index contributed by atoms with van der Waals surface area (Å²) in [4.78, 5) is 4.83. The number of hydroxylamine groups is 1. The summed E-state index contributed by atoms with van der Waals surface area (Å²) < 4.78 is 8.71. The third-order valence-corrected chi connectivity index (χ3v) is 5.95. The van der Waals surface area contributed by atoms with Gasteiger partial charge in [0.1, 0.15) is 0 Å². The Labute approximate surface area is 104 Å². The van der Waals surface area contributed by atoms with Crippen LogP contribution >= 0.6 is 22.6 Å². The zero-order valence-electron chi connectivity index (χ0n) is 7.76. The molecule has 1 fully saturated rings. The van der Waals surface area contributed by atoms with Gasteiger partial charge in [-0.15, -0.1) is 0 Å². The van der Waals surface area contributed by atoms with Gasteiger partial charge in [0.05, 0.1) is 0 Å². The summed E-state index contributed by atoms with van der Waals surface area (Å²) >= 11 is 2.69. The van der Waals surface area contributed by atoms with Crippen molar-refractivity contribution < 1.29 is 30.8 Å². The van der Waals surface area contributed by atoms with Crippen molar-refractivity contribution in [1.29, 1.82) is 0 Å². The number of rotatable bonds is 8. The first-order valence-corrected chi connectivity index (χ1v) is 8.79. The van der Waals surface area contributed by atoms with Crippen molar-refractivity contribution in [3.8, 4) is 0 Å². The molecular formula is C8H16I2NO2-. The molecule has 13 heavy (non-hydrogen) atoms. The van der Waals surface area contributed by atoms with Crippen molar-refractivity contribution in [2.45, 2.75) is 29.9 Å². The molecule has 0 aromatic carbocycles. The molecule has 0 aliphatic carbocycles. The van der Waals surface area contributed by atoms with Crippen molar-refractivity contribution in [1.82, 2.24) is 5.48 Å². The first-order chi connectivity index (χ1) is 6.36. The number of hydrogen-bond donors (Lipinski definition) is 1. The predicted octanol–water partition coefficient (Wildman–Crippen LogP) is -1.49. The van der Waals surface area contributed by atoms with E-state index in [2.05, 4.69) is 35.0 Å². The van der Waals surface area contributed by atoms with Gasteiger partial charge >= 0.3 is 104 Å². The minimum absolute atomic E-state index is 0.189. The Morgan fingerprint density at radius 2 is 2.46 bits per heavy atom. The molecule has 0 aromatic heterocycles. The van der Waals surface area contributed by atoms with Gasteiger partial charge in [0.2, 0.25) is 0 Å². The summed E-state index contributed by atoms with van der Waals surface area (Å²) in [6.45, 7) is 3.00. The first kappa shape index (κ1) is 12.4. The minimum atomic E-state index is 0.189. The van der Waals surface area contributed by atoms with Crippen LogP contribution in [0.4, 0.5) is 0 Å². The van der Waals surface area contributed by atoms with Gasteiger partial charge in [-0.3, -0.25) is 0 Å². The molecule has 0 bridgehead atoms. The molecule has 5 heteroatoms. The predicted molar refractivity (Wildman–Crippen MR) is 56.4 cm³/mol. The van der Waals surface area contributed by atoms with Crippen LogP contribution in [0.25, 0.3) is 0 Å². The third-order valence-electron chi connectivity index (χ3n) is 1.78. The normalized spacial score (nSPS) is 23.4. The number of hydrogen-bond acceptors (Lipinski definition) is 3. The summed E-state index contributed by atoms with van der Waals surface area (Å²) in [5.74, 6) is 0. The number of ether oxygens (including phenoxy) is 1. The van der Waals surface area contributed by atoms with Gasteiger partial charge in [0, 0.05) is 0 Å². The average molecular weight is 412 g/mol. The summed E-state index contributed by atoms with van der Waals surface area (Å²) in [6.07, 6.45) is 2.87. The Balaban J connectivity index is 1.88. The second-order valence-corrected chi connectivity index (χ2v) is 7.19. The van der Waals surface area contributed by atoms with Gasteiger partial charge in [-0.25, -0.2) is 0 Å². The maximum atomic E-state index is 5.50. The molecule has 3 nitrogen and oxygen atoms in total. The van der Waals surface area contributed by atoms with Crippen LogP contribution in [0.15, 0.2) is 0 Å². The molecule has 0 spiro atoms. The van der Waals surface area contributed by atoms with Crippen LogP contribution in [0.1, 0.15) is 19.8 Å². The van der Waals surface area contributed by atoms with Crippen molar-refractivity contribution in [2.75, 3.05) is 15.6 Å². The molecule has 0 saturated carbocycles.